The van der Waals surface area contributed by atoms with Crippen LogP contribution in [0.15, 0.2) is 47.6 Å². The second-order valence-electron chi connectivity index (χ2n) is 3.48. The molecule has 4 N–H and O–H groups in total. The van der Waals surface area contributed by atoms with Crippen LogP contribution in [0.2, 0.25) is 0 Å². The Morgan fingerprint density at radius 1 is 1.00 bits per heavy atom. The molecule has 2 aromatic rings. The molecule has 0 aliphatic heterocycles. The maximum absolute atomic E-state index is 10.2. The molecule has 2 rings (SSSR count). The summed E-state index contributed by atoms with van der Waals surface area (Å²) in [7, 11) is 0. The summed E-state index contributed by atoms with van der Waals surface area (Å²) >= 11 is 0. The van der Waals surface area contributed by atoms with Crippen LogP contribution >= 0.6 is 0 Å². The van der Waals surface area contributed by atoms with Crippen molar-refractivity contribution in [2.45, 2.75) is 0 Å². The van der Waals surface area contributed by atoms with Crippen molar-refractivity contribution >= 4 is 17.1 Å². The van der Waals surface area contributed by atoms with Gasteiger partial charge in [-0.2, -0.15) is 0 Å². The summed E-state index contributed by atoms with van der Waals surface area (Å²) in [5, 5.41) is 2.80. The normalized spacial score (nSPS) is 9.88. The Hall–Kier alpha value is -2.56. The first-order chi connectivity index (χ1) is 8.19. The third-order valence-corrected chi connectivity index (χ3v) is 2.21. The van der Waals surface area contributed by atoms with Crippen LogP contribution in [0.4, 0.5) is 17.1 Å². The van der Waals surface area contributed by atoms with Crippen LogP contribution in [-0.2, 0) is 0 Å². The molecule has 0 heterocycles. The minimum Gasteiger partial charge on any atom is -0.455 e. The zero-order valence-electron chi connectivity index (χ0n) is 8.96. The van der Waals surface area contributed by atoms with Gasteiger partial charge in [-0.05, 0) is 41.6 Å². The van der Waals surface area contributed by atoms with Crippen molar-refractivity contribution in [3.05, 3.63) is 47.4 Å². The SMILES string of the molecule is Nc1ccc(N)c(Oc2ccc(N=O)cc2)c1. The number of hydrogen-bond acceptors (Lipinski definition) is 5. The molecular formula is C12H11N3O2. The largest absolute Gasteiger partial charge is 0.455 e. The monoisotopic (exact) mass is 229 g/mol. The van der Waals surface area contributed by atoms with E-state index in [2.05, 4.69) is 5.18 Å². The predicted molar refractivity (Wildman–Crippen MR) is 67.2 cm³/mol. The molecule has 0 fully saturated rings. The van der Waals surface area contributed by atoms with Crippen molar-refractivity contribution in [3.63, 3.8) is 0 Å². The molecule has 86 valence electrons. The minimum atomic E-state index is 0.345. The van der Waals surface area contributed by atoms with E-state index in [1.54, 1.807) is 42.5 Å². The Balaban J connectivity index is 2.24. The van der Waals surface area contributed by atoms with Gasteiger partial charge in [-0.1, -0.05) is 0 Å². The summed E-state index contributed by atoms with van der Waals surface area (Å²) < 4.78 is 5.54. The number of nitrogens with zero attached hydrogens (tertiary/aromatic N) is 1. The topological polar surface area (TPSA) is 90.7 Å². The van der Waals surface area contributed by atoms with Crippen molar-refractivity contribution < 1.29 is 4.74 Å². The van der Waals surface area contributed by atoms with Crippen molar-refractivity contribution in [1.82, 2.24) is 0 Å². The molecule has 0 amide bonds. The van der Waals surface area contributed by atoms with E-state index in [0.717, 1.165) is 0 Å². The molecule has 2 aromatic carbocycles. The lowest BCUT2D eigenvalue weighted by atomic mass is 10.2. The summed E-state index contributed by atoms with van der Waals surface area (Å²) in [6, 6.07) is 11.4. The predicted octanol–water partition coefficient (Wildman–Crippen LogP) is 3.04. The van der Waals surface area contributed by atoms with Crippen molar-refractivity contribution in [2.75, 3.05) is 11.5 Å². The number of anilines is 2. The van der Waals surface area contributed by atoms with Gasteiger partial charge in [0.1, 0.15) is 11.4 Å². The average Bonchev–Trinajstić information content (AvgIpc) is 2.35. The van der Waals surface area contributed by atoms with Gasteiger partial charge in [-0.25, -0.2) is 0 Å². The van der Waals surface area contributed by atoms with Crippen LogP contribution in [0.25, 0.3) is 0 Å². The highest BCUT2D eigenvalue weighted by Gasteiger charge is 2.03. The zero-order chi connectivity index (χ0) is 12.3. The lowest BCUT2D eigenvalue weighted by molar-refractivity contribution is 0.485. The molecule has 5 nitrogen and oxygen atoms in total. The van der Waals surface area contributed by atoms with Crippen LogP contribution in [0.5, 0.6) is 11.5 Å². The average molecular weight is 229 g/mol. The first kappa shape index (κ1) is 10.9. The molecule has 0 atom stereocenters. The Bertz CT molecular complexity index is 538. The highest BCUT2D eigenvalue weighted by molar-refractivity contribution is 5.60. The molecule has 0 aliphatic carbocycles. The van der Waals surface area contributed by atoms with Gasteiger partial charge >= 0.3 is 0 Å². The molecule has 5 heteroatoms. The van der Waals surface area contributed by atoms with Crippen LogP contribution in [0, 0.1) is 4.91 Å². The number of nitrogen functional groups attached to an aromatic ring is 2. The molecule has 0 saturated carbocycles. The fraction of sp³-hybridized carbons (Fsp3) is 0. The highest BCUT2D eigenvalue weighted by Crippen LogP contribution is 2.30. The lowest BCUT2D eigenvalue weighted by Crippen LogP contribution is -1.94. The summed E-state index contributed by atoms with van der Waals surface area (Å²) in [6.07, 6.45) is 0. The highest BCUT2D eigenvalue weighted by atomic mass is 16.5. The molecular weight excluding hydrogens is 218 g/mol. The number of nitrogens with two attached hydrogens (primary N) is 2. The summed E-state index contributed by atoms with van der Waals surface area (Å²) in [6.45, 7) is 0. The second-order valence-corrected chi connectivity index (χ2v) is 3.48. The van der Waals surface area contributed by atoms with Crippen molar-refractivity contribution in [2.24, 2.45) is 5.18 Å². The van der Waals surface area contributed by atoms with E-state index in [0.29, 0.717) is 28.6 Å². The molecule has 0 aromatic heterocycles. The fourth-order valence-corrected chi connectivity index (χ4v) is 1.34. The van der Waals surface area contributed by atoms with Gasteiger partial charge in [0.15, 0.2) is 5.75 Å². The van der Waals surface area contributed by atoms with Gasteiger partial charge in [-0.3, -0.25) is 0 Å². The van der Waals surface area contributed by atoms with E-state index in [9.17, 15) is 4.91 Å². The van der Waals surface area contributed by atoms with E-state index in [1.807, 2.05) is 0 Å². The fourth-order valence-electron chi connectivity index (χ4n) is 1.34. The quantitative estimate of drug-likeness (QED) is 0.625. The van der Waals surface area contributed by atoms with E-state index in [1.165, 1.54) is 0 Å². The zero-order valence-corrected chi connectivity index (χ0v) is 8.96. The molecule has 0 bridgehead atoms. The van der Waals surface area contributed by atoms with E-state index < -0.39 is 0 Å². The van der Waals surface area contributed by atoms with Crippen molar-refractivity contribution in [3.8, 4) is 11.5 Å². The van der Waals surface area contributed by atoms with Crippen LogP contribution in [0.3, 0.4) is 0 Å². The first-order valence-electron chi connectivity index (χ1n) is 4.95. The number of hydrogen-bond donors (Lipinski definition) is 2. The van der Waals surface area contributed by atoms with Gasteiger partial charge in [0, 0.05) is 11.8 Å². The third kappa shape index (κ3) is 2.52. The van der Waals surface area contributed by atoms with Crippen LogP contribution in [0.1, 0.15) is 0 Å². The maximum atomic E-state index is 10.2. The first-order valence-corrected chi connectivity index (χ1v) is 4.95. The van der Waals surface area contributed by atoms with E-state index in [4.69, 9.17) is 16.2 Å². The second kappa shape index (κ2) is 4.52. The number of ether oxygens (including phenoxy) is 1. The molecule has 0 radical (unpaired) electrons. The van der Waals surface area contributed by atoms with Crippen LogP contribution < -0.4 is 16.2 Å². The Kier molecular flexibility index (Phi) is 2.91. The van der Waals surface area contributed by atoms with Gasteiger partial charge in [0.25, 0.3) is 0 Å². The van der Waals surface area contributed by atoms with Gasteiger partial charge in [-0.15, -0.1) is 4.91 Å². The Morgan fingerprint density at radius 2 is 1.71 bits per heavy atom. The Morgan fingerprint density at radius 3 is 2.35 bits per heavy atom. The van der Waals surface area contributed by atoms with Gasteiger partial charge < -0.3 is 16.2 Å². The summed E-state index contributed by atoms with van der Waals surface area (Å²) in [5.74, 6) is 1.05. The minimum absolute atomic E-state index is 0.345. The summed E-state index contributed by atoms with van der Waals surface area (Å²) in [5.41, 5.74) is 12.8. The number of nitroso groups, excluding NO2 is 1. The van der Waals surface area contributed by atoms with E-state index in [-0.39, 0.29) is 0 Å². The third-order valence-electron chi connectivity index (χ3n) is 2.21. The number of rotatable bonds is 3. The summed E-state index contributed by atoms with van der Waals surface area (Å²) in [4.78, 5) is 10.2. The van der Waals surface area contributed by atoms with Gasteiger partial charge in [0.2, 0.25) is 0 Å². The molecule has 0 unspecified atom stereocenters. The van der Waals surface area contributed by atoms with Crippen molar-refractivity contribution in [1.29, 1.82) is 0 Å². The smallest absolute Gasteiger partial charge is 0.152 e. The molecule has 0 aliphatic rings. The molecule has 17 heavy (non-hydrogen) atoms. The van der Waals surface area contributed by atoms with Gasteiger partial charge in [0.05, 0.1) is 5.69 Å². The molecule has 0 spiro atoms. The maximum Gasteiger partial charge on any atom is 0.152 e. The van der Waals surface area contributed by atoms with Crippen LogP contribution in [-0.4, -0.2) is 0 Å². The Labute approximate surface area is 98.0 Å². The molecule has 0 saturated heterocycles. The standard InChI is InChI=1S/C12H11N3O2/c13-8-1-6-11(14)12(7-8)17-10-4-2-9(15-16)3-5-10/h1-7H,13-14H2. The lowest BCUT2D eigenvalue weighted by Gasteiger charge is -2.08. The van der Waals surface area contributed by atoms with E-state index >= 15 is 0 Å². The number of benzene rings is 2.